The Balaban J connectivity index is 2.52. The Morgan fingerprint density at radius 3 is 2.32 bits per heavy atom. The monoisotopic (exact) mass is 264 g/mol. The van der Waals surface area contributed by atoms with Crippen LogP contribution in [0, 0.1) is 6.92 Å². The van der Waals surface area contributed by atoms with Crippen molar-refractivity contribution in [1.29, 1.82) is 0 Å². The molecule has 0 radical (unpaired) electrons. The van der Waals surface area contributed by atoms with E-state index in [1.54, 1.807) is 0 Å². The van der Waals surface area contributed by atoms with Gasteiger partial charge in [0, 0.05) is 24.3 Å². The zero-order valence-corrected chi connectivity index (χ0v) is 12.5. The summed E-state index contributed by atoms with van der Waals surface area (Å²) in [5.41, 5.74) is 8.25. The van der Waals surface area contributed by atoms with E-state index >= 15 is 0 Å². The summed E-state index contributed by atoms with van der Waals surface area (Å²) in [6.07, 6.45) is 2.69. The van der Waals surface area contributed by atoms with Crippen molar-refractivity contribution in [3.63, 3.8) is 0 Å². The summed E-state index contributed by atoms with van der Waals surface area (Å²) in [6.45, 7) is 8.35. The summed E-state index contributed by atoms with van der Waals surface area (Å²) >= 11 is 0. The minimum absolute atomic E-state index is 0.0696. The lowest BCUT2D eigenvalue weighted by Gasteiger charge is -2.28. The van der Waals surface area contributed by atoms with Gasteiger partial charge < -0.3 is 15.7 Å². The number of nitrogens with zero attached hydrogens (tertiary/aromatic N) is 1. The van der Waals surface area contributed by atoms with Crippen LogP contribution in [-0.2, 0) is 0 Å². The number of aliphatic hydroxyl groups excluding tert-OH is 1. The fourth-order valence-corrected chi connectivity index (χ4v) is 2.21. The molecule has 0 aliphatic carbocycles. The summed E-state index contributed by atoms with van der Waals surface area (Å²) in [4.78, 5) is 2.35. The molecule has 0 fully saturated rings. The van der Waals surface area contributed by atoms with E-state index in [0.29, 0.717) is 0 Å². The van der Waals surface area contributed by atoms with Crippen LogP contribution in [-0.4, -0.2) is 30.3 Å². The molecule has 1 aromatic rings. The molecule has 0 aliphatic heterocycles. The van der Waals surface area contributed by atoms with Crippen LogP contribution in [0.3, 0.4) is 0 Å². The van der Waals surface area contributed by atoms with Crippen LogP contribution < -0.4 is 10.6 Å². The fraction of sp³-hybridized carbons (Fsp3) is 0.625. The number of anilines is 1. The molecule has 19 heavy (non-hydrogen) atoms. The van der Waals surface area contributed by atoms with Gasteiger partial charge in [0.1, 0.15) is 0 Å². The van der Waals surface area contributed by atoms with Gasteiger partial charge in [-0.2, -0.15) is 0 Å². The van der Waals surface area contributed by atoms with Gasteiger partial charge in [-0.05, 0) is 45.2 Å². The lowest BCUT2D eigenvalue weighted by Crippen LogP contribution is -2.43. The molecule has 0 bridgehead atoms. The maximum absolute atomic E-state index is 9.32. The van der Waals surface area contributed by atoms with Crippen LogP contribution in [0.4, 0.5) is 5.69 Å². The SMILES string of the molecule is CCN(CCCC(N)(CC)CO)c1ccc(C)cc1. The van der Waals surface area contributed by atoms with E-state index in [1.165, 1.54) is 11.3 Å². The lowest BCUT2D eigenvalue weighted by molar-refractivity contribution is 0.181. The third-order valence-electron chi connectivity index (χ3n) is 3.90. The van der Waals surface area contributed by atoms with E-state index in [9.17, 15) is 5.11 Å². The Labute approximate surface area is 117 Å². The number of benzene rings is 1. The molecule has 0 saturated carbocycles. The largest absolute Gasteiger partial charge is 0.394 e. The number of aliphatic hydroxyl groups is 1. The second kappa shape index (κ2) is 7.51. The van der Waals surface area contributed by atoms with Gasteiger partial charge in [-0.1, -0.05) is 24.6 Å². The third kappa shape index (κ3) is 4.84. The lowest BCUT2D eigenvalue weighted by atomic mass is 9.92. The van der Waals surface area contributed by atoms with Crippen LogP contribution in [0.2, 0.25) is 0 Å². The first-order chi connectivity index (χ1) is 9.04. The number of hydrogen-bond donors (Lipinski definition) is 2. The maximum atomic E-state index is 9.32. The van der Waals surface area contributed by atoms with Gasteiger partial charge in [-0.15, -0.1) is 0 Å². The average molecular weight is 264 g/mol. The highest BCUT2D eigenvalue weighted by Gasteiger charge is 2.21. The first-order valence-electron chi connectivity index (χ1n) is 7.26. The molecule has 3 heteroatoms. The molecule has 1 aromatic carbocycles. The molecule has 0 heterocycles. The molecule has 0 aromatic heterocycles. The molecule has 0 amide bonds. The number of hydrogen-bond acceptors (Lipinski definition) is 3. The van der Waals surface area contributed by atoms with Crippen LogP contribution >= 0.6 is 0 Å². The molecule has 1 unspecified atom stereocenters. The second-order valence-corrected chi connectivity index (χ2v) is 5.39. The van der Waals surface area contributed by atoms with E-state index in [-0.39, 0.29) is 6.61 Å². The molecule has 3 nitrogen and oxygen atoms in total. The predicted octanol–water partition coefficient (Wildman–Crippen LogP) is 2.70. The molecule has 3 N–H and O–H groups in total. The zero-order valence-electron chi connectivity index (χ0n) is 12.5. The van der Waals surface area contributed by atoms with Gasteiger partial charge in [0.15, 0.2) is 0 Å². The van der Waals surface area contributed by atoms with Crippen molar-refractivity contribution in [2.45, 2.75) is 45.6 Å². The summed E-state index contributed by atoms with van der Waals surface area (Å²) in [7, 11) is 0. The van der Waals surface area contributed by atoms with Crippen molar-refractivity contribution in [3.8, 4) is 0 Å². The minimum Gasteiger partial charge on any atom is -0.394 e. The fourth-order valence-electron chi connectivity index (χ4n) is 2.21. The molecule has 1 atom stereocenters. The van der Waals surface area contributed by atoms with Gasteiger partial charge in [0.05, 0.1) is 6.61 Å². The predicted molar refractivity (Wildman–Crippen MR) is 82.6 cm³/mol. The van der Waals surface area contributed by atoms with Crippen molar-refractivity contribution >= 4 is 5.69 Å². The third-order valence-corrected chi connectivity index (χ3v) is 3.90. The molecular weight excluding hydrogens is 236 g/mol. The molecule has 0 spiro atoms. The van der Waals surface area contributed by atoms with E-state index in [4.69, 9.17) is 5.73 Å². The van der Waals surface area contributed by atoms with Gasteiger partial charge in [0.2, 0.25) is 0 Å². The standard InChI is InChI=1S/C16H28N2O/c1-4-16(17,13-19)11-6-12-18(5-2)15-9-7-14(3)8-10-15/h7-10,19H,4-6,11-13,17H2,1-3H3. The number of nitrogens with two attached hydrogens (primary N) is 1. The molecule has 0 aliphatic rings. The molecule has 0 saturated heterocycles. The van der Waals surface area contributed by atoms with Gasteiger partial charge in [-0.25, -0.2) is 0 Å². The summed E-state index contributed by atoms with van der Waals surface area (Å²) < 4.78 is 0. The first-order valence-corrected chi connectivity index (χ1v) is 7.26. The Hall–Kier alpha value is -1.06. The topological polar surface area (TPSA) is 49.5 Å². The Kier molecular flexibility index (Phi) is 6.32. The summed E-state index contributed by atoms with van der Waals surface area (Å²) in [5.74, 6) is 0. The normalized spacial score (nSPS) is 14.2. The smallest absolute Gasteiger partial charge is 0.0611 e. The quantitative estimate of drug-likeness (QED) is 0.759. The summed E-state index contributed by atoms with van der Waals surface area (Å²) in [5, 5.41) is 9.32. The summed E-state index contributed by atoms with van der Waals surface area (Å²) in [6, 6.07) is 8.62. The minimum atomic E-state index is -0.410. The van der Waals surface area contributed by atoms with Crippen molar-refractivity contribution in [2.24, 2.45) is 5.73 Å². The average Bonchev–Trinajstić information content (AvgIpc) is 2.44. The van der Waals surface area contributed by atoms with E-state index in [0.717, 1.165) is 32.4 Å². The van der Waals surface area contributed by atoms with Crippen LogP contribution in [0.5, 0.6) is 0 Å². The highest BCUT2D eigenvalue weighted by atomic mass is 16.3. The van der Waals surface area contributed by atoms with Crippen LogP contribution in [0.25, 0.3) is 0 Å². The van der Waals surface area contributed by atoms with Crippen LogP contribution in [0.1, 0.15) is 38.7 Å². The second-order valence-electron chi connectivity index (χ2n) is 5.39. The van der Waals surface area contributed by atoms with Gasteiger partial charge in [0.25, 0.3) is 0 Å². The highest BCUT2D eigenvalue weighted by molar-refractivity contribution is 5.47. The van der Waals surface area contributed by atoms with Crippen LogP contribution in [0.15, 0.2) is 24.3 Å². The zero-order chi connectivity index (χ0) is 14.3. The van der Waals surface area contributed by atoms with Crippen molar-refractivity contribution in [1.82, 2.24) is 0 Å². The Morgan fingerprint density at radius 2 is 1.84 bits per heavy atom. The molecular formula is C16H28N2O. The van der Waals surface area contributed by atoms with Gasteiger partial charge >= 0.3 is 0 Å². The van der Waals surface area contributed by atoms with E-state index in [2.05, 4.69) is 43.0 Å². The van der Waals surface area contributed by atoms with Crippen molar-refractivity contribution in [3.05, 3.63) is 29.8 Å². The first kappa shape index (κ1) is 16.0. The number of rotatable bonds is 8. The van der Waals surface area contributed by atoms with Gasteiger partial charge in [-0.3, -0.25) is 0 Å². The molecule has 1 rings (SSSR count). The maximum Gasteiger partial charge on any atom is 0.0611 e. The highest BCUT2D eigenvalue weighted by Crippen LogP contribution is 2.18. The van der Waals surface area contributed by atoms with E-state index < -0.39 is 5.54 Å². The van der Waals surface area contributed by atoms with E-state index in [1.807, 2.05) is 6.92 Å². The van der Waals surface area contributed by atoms with Crippen molar-refractivity contribution < 1.29 is 5.11 Å². The Morgan fingerprint density at radius 1 is 1.21 bits per heavy atom. The number of aryl methyl sites for hydroxylation is 1. The molecule has 108 valence electrons. The Bertz CT molecular complexity index is 358. The van der Waals surface area contributed by atoms with Crippen molar-refractivity contribution in [2.75, 3.05) is 24.6 Å².